The number of carbonyl (C=O) groups excluding carboxylic acids is 1. The standard InChI is InChI=1S/C21H28N4O2/c1-16-9-6-7-13-24(16)14-8-12-22-21(27)20-19(26)15-17(2)25(23-20)18-10-4-3-5-11-18/h3-5,10-11,15-16H,6-9,12-14H2,1-2H3,(H,22,27). The van der Waals surface area contributed by atoms with Crippen LogP contribution in [-0.4, -0.2) is 46.3 Å². The molecule has 0 saturated carbocycles. The van der Waals surface area contributed by atoms with Crippen molar-refractivity contribution in [1.82, 2.24) is 20.0 Å². The second-order valence-corrected chi connectivity index (χ2v) is 7.24. The molecule has 1 aliphatic rings. The average molecular weight is 368 g/mol. The molecule has 1 amide bonds. The number of aromatic nitrogens is 2. The van der Waals surface area contributed by atoms with Crippen molar-refractivity contribution in [2.75, 3.05) is 19.6 Å². The summed E-state index contributed by atoms with van der Waals surface area (Å²) < 4.78 is 1.63. The van der Waals surface area contributed by atoms with Crippen LogP contribution in [0.2, 0.25) is 0 Å². The highest BCUT2D eigenvalue weighted by atomic mass is 16.2. The number of hydrogen-bond donors (Lipinski definition) is 1. The van der Waals surface area contributed by atoms with Crippen molar-refractivity contribution < 1.29 is 4.79 Å². The van der Waals surface area contributed by atoms with E-state index in [0.29, 0.717) is 18.3 Å². The van der Waals surface area contributed by atoms with Crippen LogP contribution >= 0.6 is 0 Å². The number of nitrogens with one attached hydrogen (secondary N) is 1. The average Bonchev–Trinajstić information content (AvgIpc) is 2.67. The number of hydrogen-bond acceptors (Lipinski definition) is 4. The molecule has 27 heavy (non-hydrogen) atoms. The maximum absolute atomic E-state index is 12.5. The van der Waals surface area contributed by atoms with Crippen molar-refractivity contribution in [1.29, 1.82) is 0 Å². The molecule has 0 bridgehead atoms. The van der Waals surface area contributed by atoms with Gasteiger partial charge in [0.2, 0.25) is 5.43 Å². The number of rotatable bonds is 6. The van der Waals surface area contributed by atoms with E-state index in [9.17, 15) is 9.59 Å². The number of piperidine rings is 1. The van der Waals surface area contributed by atoms with Crippen LogP contribution in [0.1, 0.15) is 48.8 Å². The van der Waals surface area contributed by atoms with Crippen LogP contribution in [0.15, 0.2) is 41.2 Å². The molecule has 3 rings (SSSR count). The smallest absolute Gasteiger partial charge is 0.275 e. The first-order valence-corrected chi connectivity index (χ1v) is 9.75. The second-order valence-electron chi connectivity index (χ2n) is 7.24. The summed E-state index contributed by atoms with van der Waals surface area (Å²) in [5, 5.41) is 7.16. The molecular formula is C21H28N4O2. The second kappa shape index (κ2) is 8.95. The molecule has 6 heteroatoms. The molecule has 1 aromatic carbocycles. The van der Waals surface area contributed by atoms with Crippen molar-refractivity contribution in [3.05, 3.63) is 58.0 Å². The lowest BCUT2D eigenvalue weighted by molar-refractivity contribution is 0.0941. The molecular weight excluding hydrogens is 340 g/mol. The lowest BCUT2D eigenvalue weighted by Gasteiger charge is -2.33. The first kappa shape index (κ1) is 19.3. The summed E-state index contributed by atoms with van der Waals surface area (Å²) in [6.07, 6.45) is 4.68. The van der Waals surface area contributed by atoms with E-state index in [2.05, 4.69) is 22.2 Å². The molecule has 0 spiro atoms. The monoisotopic (exact) mass is 368 g/mol. The lowest BCUT2D eigenvalue weighted by Crippen LogP contribution is -2.39. The summed E-state index contributed by atoms with van der Waals surface area (Å²) in [6.45, 7) is 6.72. The minimum Gasteiger partial charge on any atom is -0.350 e. The summed E-state index contributed by atoms with van der Waals surface area (Å²) in [4.78, 5) is 27.2. The zero-order valence-electron chi connectivity index (χ0n) is 16.1. The predicted molar refractivity (Wildman–Crippen MR) is 106 cm³/mol. The Bertz CT molecular complexity index is 832. The van der Waals surface area contributed by atoms with Gasteiger partial charge in [0.05, 0.1) is 5.69 Å². The Morgan fingerprint density at radius 2 is 2.04 bits per heavy atom. The van der Waals surface area contributed by atoms with Crippen molar-refractivity contribution in [2.45, 2.75) is 45.6 Å². The summed E-state index contributed by atoms with van der Waals surface area (Å²) in [5.74, 6) is -0.406. The molecule has 1 atom stereocenters. The van der Waals surface area contributed by atoms with Crippen molar-refractivity contribution in [2.24, 2.45) is 0 Å². The lowest BCUT2D eigenvalue weighted by atomic mass is 10.0. The molecule has 1 unspecified atom stereocenters. The van der Waals surface area contributed by atoms with Gasteiger partial charge in [0.15, 0.2) is 5.69 Å². The first-order chi connectivity index (χ1) is 13.1. The SMILES string of the molecule is Cc1cc(=O)c(C(=O)NCCCN2CCCCC2C)nn1-c1ccccc1. The van der Waals surface area contributed by atoms with Crippen LogP contribution in [0, 0.1) is 6.92 Å². The molecule has 0 aliphatic carbocycles. The van der Waals surface area contributed by atoms with E-state index < -0.39 is 5.91 Å². The number of nitrogens with zero attached hydrogens (tertiary/aromatic N) is 3. The summed E-state index contributed by atoms with van der Waals surface area (Å²) in [5.41, 5.74) is 1.11. The van der Waals surface area contributed by atoms with Crippen LogP contribution in [0.3, 0.4) is 0 Å². The molecule has 1 aromatic heterocycles. The Labute approximate surface area is 160 Å². The molecule has 1 fully saturated rings. The molecule has 1 N–H and O–H groups in total. The molecule has 2 aromatic rings. The van der Waals surface area contributed by atoms with Gasteiger partial charge in [0, 0.05) is 30.9 Å². The number of aryl methyl sites for hydroxylation is 1. The third-order valence-corrected chi connectivity index (χ3v) is 5.17. The predicted octanol–water partition coefficient (Wildman–Crippen LogP) is 2.54. The van der Waals surface area contributed by atoms with Crippen LogP contribution in [0.25, 0.3) is 5.69 Å². The Kier molecular flexibility index (Phi) is 6.40. The van der Waals surface area contributed by atoms with Gasteiger partial charge in [-0.2, -0.15) is 5.10 Å². The molecule has 0 radical (unpaired) electrons. The summed E-state index contributed by atoms with van der Waals surface area (Å²) in [7, 11) is 0. The third kappa shape index (κ3) is 4.83. The molecule has 6 nitrogen and oxygen atoms in total. The highest BCUT2D eigenvalue weighted by Crippen LogP contribution is 2.16. The van der Waals surface area contributed by atoms with E-state index in [-0.39, 0.29) is 11.1 Å². The van der Waals surface area contributed by atoms with Gasteiger partial charge in [0.25, 0.3) is 5.91 Å². The number of amides is 1. The number of para-hydroxylation sites is 1. The zero-order chi connectivity index (χ0) is 19.2. The normalized spacial score (nSPS) is 17.6. The largest absolute Gasteiger partial charge is 0.350 e. The minimum absolute atomic E-state index is 0.0595. The van der Waals surface area contributed by atoms with Crippen molar-refractivity contribution >= 4 is 5.91 Å². The van der Waals surface area contributed by atoms with Gasteiger partial charge in [0.1, 0.15) is 0 Å². The Morgan fingerprint density at radius 1 is 1.26 bits per heavy atom. The summed E-state index contributed by atoms with van der Waals surface area (Å²) >= 11 is 0. The van der Waals surface area contributed by atoms with Gasteiger partial charge >= 0.3 is 0 Å². The van der Waals surface area contributed by atoms with Crippen LogP contribution in [0.5, 0.6) is 0 Å². The van der Waals surface area contributed by atoms with Crippen molar-refractivity contribution in [3.63, 3.8) is 0 Å². The van der Waals surface area contributed by atoms with Crippen LogP contribution in [-0.2, 0) is 0 Å². The van der Waals surface area contributed by atoms with E-state index in [1.807, 2.05) is 37.3 Å². The highest BCUT2D eigenvalue weighted by molar-refractivity contribution is 5.92. The topological polar surface area (TPSA) is 67.2 Å². The quantitative estimate of drug-likeness (QED) is 0.796. The highest BCUT2D eigenvalue weighted by Gasteiger charge is 2.18. The molecule has 1 saturated heterocycles. The van der Waals surface area contributed by atoms with Gasteiger partial charge in [-0.15, -0.1) is 0 Å². The van der Waals surface area contributed by atoms with E-state index in [1.165, 1.54) is 25.3 Å². The van der Waals surface area contributed by atoms with E-state index in [0.717, 1.165) is 25.2 Å². The molecule has 144 valence electrons. The van der Waals surface area contributed by atoms with Gasteiger partial charge in [-0.3, -0.25) is 9.59 Å². The fourth-order valence-electron chi connectivity index (χ4n) is 3.59. The van der Waals surface area contributed by atoms with E-state index in [4.69, 9.17) is 0 Å². The summed E-state index contributed by atoms with van der Waals surface area (Å²) in [6, 6.07) is 11.6. The van der Waals surface area contributed by atoms with Crippen molar-refractivity contribution in [3.8, 4) is 5.69 Å². The first-order valence-electron chi connectivity index (χ1n) is 9.75. The van der Waals surface area contributed by atoms with E-state index >= 15 is 0 Å². The van der Waals surface area contributed by atoms with Gasteiger partial charge in [-0.05, 0) is 51.8 Å². The Hall–Kier alpha value is -2.47. The number of likely N-dealkylation sites (tertiary alicyclic amines) is 1. The maximum atomic E-state index is 12.5. The number of benzene rings is 1. The fraction of sp³-hybridized carbons (Fsp3) is 0.476. The Balaban J connectivity index is 1.62. The minimum atomic E-state index is -0.406. The number of carbonyl (C=O) groups is 1. The van der Waals surface area contributed by atoms with Gasteiger partial charge in [-0.1, -0.05) is 24.6 Å². The van der Waals surface area contributed by atoms with Gasteiger partial charge in [-0.25, -0.2) is 4.68 Å². The Morgan fingerprint density at radius 3 is 2.78 bits per heavy atom. The zero-order valence-corrected chi connectivity index (χ0v) is 16.1. The molecule has 1 aliphatic heterocycles. The molecule has 2 heterocycles. The van der Waals surface area contributed by atoms with E-state index in [1.54, 1.807) is 4.68 Å². The fourth-order valence-corrected chi connectivity index (χ4v) is 3.59. The maximum Gasteiger partial charge on any atom is 0.275 e. The van der Waals surface area contributed by atoms with Crippen LogP contribution in [0.4, 0.5) is 0 Å². The van der Waals surface area contributed by atoms with Gasteiger partial charge < -0.3 is 10.2 Å². The van der Waals surface area contributed by atoms with Crippen LogP contribution < -0.4 is 10.7 Å². The third-order valence-electron chi connectivity index (χ3n) is 5.17.